The standard InChI is InChI=1S/C17H15NO2/c1-13-6-4-9-15(12-13)18-17(20)16-10-3-2-7-14(16)8-5-11-19/h2-4,6-7,9-10,12,19H,11H2,1H3,(H,18,20). The Morgan fingerprint density at radius 1 is 1.20 bits per heavy atom. The molecule has 3 nitrogen and oxygen atoms in total. The molecule has 0 saturated carbocycles. The maximum atomic E-state index is 12.3. The fraction of sp³-hybridized carbons (Fsp3) is 0.118. The summed E-state index contributed by atoms with van der Waals surface area (Å²) < 4.78 is 0. The molecule has 0 radical (unpaired) electrons. The number of anilines is 1. The first kappa shape index (κ1) is 13.9. The number of hydrogen-bond acceptors (Lipinski definition) is 2. The van der Waals surface area contributed by atoms with Crippen molar-refractivity contribution in [2.24, 2.45) is 0 Å². The van der Waals surface area contributed by atoms with E-state index in [1.165, 1.54) is 0 Å². The zero-order valence-electron chi connectivity index (χ0n) is 11.2. The summed E-state index contributed by atoms with van der Waals surface area (Å²) in [6.45, 7) is 1.74. The van der Waals surface area contributed by atoms with E-state index in [1.54, 1.807) is 18.2 Å². The van der Waals surface area contributed by atoms with Crippen molar-refractivity contribution in [3.05, 3.63) is 65.2 Å². The van der Waals surface area contributed by atoms with Crippen molar-refractivity contribution in [1.29, 1.82) is 0 Å². The van der Waals surface area contributed by atoms with Crippen LogP contribution in [0.15, 0.2) is 48.5 Å². The number of aliphatic hydroxyl groups is 1. The predicted octanol–water partition coefficient (Wildman–Crippen LogP) is 2.59. The van der Waals surface area contributed by atoms with Crippen molar-refractivity contribution < 1.29 is 9.90 Å². The Bertz CT molecular complexity index is 681. The molecule has 0 spiro atoms. The van der Waals surface area contributed by atoms with E-state index in [-0.39, 0.29) is 12.5 Å². The molecule has 0 unspecified atom stereocenters. The zero-order chi connectivity index (χ0) is 14.4. The van der Waals surface area contributed by atoms with Gasteiger partial charge < -0.3 is 10.4 Å². The molecule has 20 heavy (non-hydrogen) atoms. The van der Waals surface area contributed by atoms with Gasteiger partial charge in [-0.15, -0.1) is 0 Å². The van der Waals surface area contributed by atoms with Crippen LogP contribution >= 0.6 is 0 Å². The molecule has 0 aliphatic rings. The Morgan fingerprint density at radius 2 is 2.00 bits per heavy atom. The first-order valence-electron chi connectivity index (χ1n) is 6.27. The molecule has 0 aromatic heterocycles. The van der Waals surface area contributed by atoms with Crippen LogP contribution in [0.1, 0.15) is 21.5 Å². The van der Waals surface area contributed by atoms with Gasteiger partial charge in [0.15, 0.2) is 0 Å². The van der Waals surface area contributed by atoms with Gasteiger partial charge in [-0.05, 0) is 36.8 Å². The summed E-state index contributed by atoms with van der Waals surface area (Å²) in [5.41, 5.74) is 2.93. The van der Waals surface area contributed by atoms with Crippen molar-refractivity contribution >= 4 is 11.6 Å². The summed E-state index contributed by atoms with van der Waals surface area (Å²) >= 11 is 0. The molecule has 1 amide bonds. The van der Waals surface area contributed by atoms with E-state index < -0.39 is 0 Å². The van der Waals surface area contributed by atoms with Gasteiger partial charge >= 0.3 is 0 Å². The summed E-state index contributed by atoms with van der Waals surface area (Å²) in [6, 6.07) is 14.7. The highest BCUT2D eigenvalue weighted by Gasteiger charge is 2.09. The second-order valence-corrected chi connectivity index (χ2v) is 4.33. The Morgan fingerprint density at radius 3 is 2.75 bits per heavy atom. The number of aliphatic hydroxyl groups excluding tert-OH is 1. The van der Waals surface area contributed by atoms with Gasteiger partial charge in [0, 0.05) is 11.3 Å². The van der Waals surface area contributed by atoms with Crippen LogP contribution in [0.5, 0.6) is 0 Å². The van der Waals surface area contributed by atoms with E-state index >= 15 is 0 Å². The lowest BCUT2D eigenvalue weighted by Crippen LogP contribution is -2.13. The third-order valence-electron chi connectivity index (χ3n) is 2.75. The van der Waals surface area contributed by atoms with E-state index in [0.717, 1.165) is 11.3 Å². The van der Waals surface area contributed by atoms with Gasteiger partial charge in [-0.25, -0.2) is 0 Å². The Labute approximate surface area is 118 Å². The molecule has 0 atom stereocenters. The van der Waals surface area contributed by atoms with Gasteiger partial charge in [0.05, 0.1) is 5.56 Å². The van der Waals surface area contributed by atoms with Crippen molar-refractivity contribution in [3.8, 4) is 11.8 Å². The van der Waals surface area contributed by atoms with Crippen molar-refractivity contribution in [1.82, 2.24) is 0 Å². The SMILES string of the molecule is Cc1cccc(NC(=O)c2ccccc2C#CCO)c1. The van der Waals surface area contributed by atoms with Crippen LogP contribution in [0.25, 0.3) is 0 Å². The molecule has 2 rings (SSSR count). The Balaban J connectivity index is 2.25. The molecule has 0 aliphatic carbocycles. The van der Waals surface area contributed by atoms with E-state index in [0.29, 0.717) is 11.1 Å². The highest BCUT2D eigenvalue weighted by atomic mass is 16.2. The molecule has 2 aromatic rings. The minimum Gasteiger partial charge on any atom is -0.384 e. The number of aryl methyl sites for hydroxylation is 1. The molecular formula is C17H15NO2. The summed E-state index contributed by atoms with van der Waals surface area (Å²) in [6.07, 6.45) is 0. The van der Waals surface area contributed by atoms with Crippen LogP contribution in [0, 0.1) is 18.8 Å². The summed E-state index contributed by atoms with van der Waals surface area (Å²) in [7, 11) is 0. The topological polar surface area (TPSA) is 49.3 Å². The van der Waals surface area contributed by atoms with Crippen LogP contribution in [-0.2, 0) is 0 Å². The van der Waals surface area contributed by atoms with Gasteiger partial charge in [0.25, 0.3) is 5.91 Å². The molecule has 0 fully saturated rings. The molecule has 100 valence electrons. The largest absolute Gasteiger partial charge is 0.384 e. The Hall–Kier alpha value is -2.57. The first-order chi connectivity index (χ1) is 9.70. The minimum absolute atomic E-state index is 0.210. The third kappa shape index (κ3) is 3.47. The smallest absolute Gasteiger partial charge is 0.256 e. The number of carbonyl (C=O) groups excluding carboxylic acids is 1. The Kier molecular flexibility index (Phi) is 4.54. The van der Waals surface area contributed by atoms with E-state index in [9.17, 15) is 4.79 Å². The molecule has 2 aromatic carbocycles. The normalized spacial score (nSPS) is 9.50. The van der Waals surface area contributed by atoms with Crippen molar-refractivity contribution in [2.45, 2.75) is 6.92 Å². The third-order valence-corrected chi connectivity index (χ3v) is 2.75. The van der Waals surface area contributed by atoms with Crippen LogP contribution in [-0.4, -0.2) is 17.6 Å². The maximum absolute atomic E-state index is 12.3. The maximum Gasteiger partial charge on any atom is 0.256 e. The monoisotopic (exact) mass is 265 g/mol. The van der Waals surface area contributed by atoms with Gasteiger partial charge in [0.1, 0.15) is 6.61 Å². The van der Waals surface area contributed by atoms with Crippen molar-refractivity contribution in [2.75, 3.05) is 11.9 Å². The summed E-state index contributed by atoms with van der Waals surface area (Å²) in [5.74, 6) is 5.13. The second kappa shape index (κ2) is 6.55. The summed E-state index contributed by atoms with van der Waals surface area (Å²) in [5, 5.41) is 11.6. The number of carbonyl (C=O) groups is 1. The van der Waals surface area contributed by atoms with Crippen LogP contribution in [0.4, 0.5) is 5.69 Å². The van der Waals surface area contributed by atoms with E-state index in [4.69, 9.17) is 5.11 Å². The average Bonchev–Trinajstić information content (AvgIpc) is 2.45. The zero-order valence-corrected chi connectivity index (χ0v) is 11.2. The van der Waals surface area contributed by atoms with Gasteiger partial charge in [0.2, 0.25) is 0 Å². The number of amides is 1. The number of nitrogens with one attached hydrogen (secondary N) is 1. The molecular weight excluding hydrogens is 250 g/mol. The number of benzene rings is 2. The fourth-order valence-electron chi connectivity index (χ4n) is 1.85. The van der Waals surface area contributed by atoms with Crippen LogP contribution in [0.3, 0.4) is 0 Å². The molecule has 0 saturated heterocycles. The van der Waals surface area contributed by atoms with Crippen molar-refractivity contribution in [3.63, 3.8) is 0 Å². The molecule has 0 aliphatic heterocycles. The highest BCUT2D eigenvalue weighted by molar-refractivity contribution is 6.06. The molecule has 3 heteroatoms. The van der Waals surface area contributed by atoms with Crippen LogP contribution < -0.4 is 5.32 Å². The lowest BCUT2D eigenvalue weighted by molar-refractivity contribution is 0.102. The average molecular weight is 265 g/mol. The number of hydrogen-bond donors (Lipinski definition) is 2. The summed E-state index contributed by atoms with van der Waals surface area (Å²) in [4.78, 5) is 12.3. The molecule has 0 bridgehead atoms. The van der Waals surface area contributed by atoms with Gasteiger partial charge in [-0.2, -0.15) is 0 Å². The quantitative estimate of drug-likeness (QED) is 0.820. The highest BCUT2D eigenvalue weighted by Crippen LogP contribution is 2.13. The van der Waals surface area contributed by atoms with Crippen LogP contribution in [0.2, 0.25) is 0 Å². The van der Waals surface area contributed by atoms with Gasteiger partial charge in [-0.3, -0.25) is 4.79 Å². The first-order valence-corrected chi connectivity index (χ1v) is 6.27. The van der Waals surface area contributed by atoms with E-state index in [1.807, 2.05) is 37.3 Å². The predicted molar refractivity (Wildman–Crippen MR) is 79.5 cm³/mol. The van der Waals surface area contributed by atoms with Gasteiger partial charge in [-0.1, -0.05) is 36.1 Å². The minimum atomic E-state index is -0.228. The lowest BCUT2D eigenvalue weighted by Gasteiger charge is -2.07. The fourth-order valence-corrected chi connectivity index (χ4v) is 1.85. The molecule has 2 N–H and O–H groups in total. The van der Waals surface area contributed by atoms with E-state index in [2.05, 4.69) is 17.2 Å². The second-order valence-electron chi connectivity index (χ2n) is 4.33. The number of rotatable bonds is 2. The molecule has 0 heterocycles. The lowest BCUT2D eigenvalue weighted by atomic mass is 10.1.